The molecule has 0 aromatic carbocycles. The maximum atomic E-state index is 13.2. The summed E-state index contributed by atoms with van der Waals surface area (Å²) in [6, 6.07) is 1.98. The number of halogens is 1. The fraction of sp³-hybridized carbons (Fsp3) is 0.593. The van der Waals surface area contributed by atoms with Crippen LogP contribution in [-0.2, 0) is 11.3 Å². The van der Waals surface area contributed by atoms with E-state index in [9.17, 15) is 4.79 Å². The summed E-state index contributed by atoms with van der Waals surface area (Å²) in [4.78, 5) is 13.2. The average molecular weight is 476 g/mol. The van der Waals surface area contributed by atoms with Gasteiger partial charge >= 0.3 is 0 Å². The number of allylic oxidation sites excluding steroid dienone is 3. The van der Waals surface area contributed by atoms with E-state index in [1.54, 1.807) is 13.2 Å². The summed E-state index contributed by atoms with van der Waals surface area (Å²) >= 11 is 5.99. The molecule has 0 atom stereocenters. The van der Waals surface area contributed by atoms with E-state index in [0.717, 1.165) is 49.4 Å². The third-order valence-electron chi connectivity index (χ3n) is 6.57. The van der Waals surface area contributed by atoms with Crippen LogP contribution in [0.5, 0.6) is 0 Å². The van der Waals surface area contributed by atoms with E-state index in [2.05, 4.69) is 16.6 Å². The van der Waals surface area contributed by atoms with E-state index in [-0.39, 0.29) is 5.91 Å². The van der Waals surface area contributed by atoms with Crippen molar-refractivity contribution in [3.8, 4) is 0 Å². The second-order valence-corrected chi connectivity index (χ2v) is 8.86. The van der Waals surface area contributed by atoms with Gasteiger partial charge in [0.2, 0.25) is 0 Å². The molecule has 2 aliphatic rings. The van der Waals surface area contributed by atoms with E-state index in [1.807, 2.05) is 37.9 Å². The van der Waals surface area contributed by atoms with E-state index in [0.29, 0.717) is 17.2 Å². The molecular formula is C27H42ClN3O2. The van der Waals surface area contributed by atoms with Gasteiger partial charge in [-0.3, -0.25) is 10.2 Å². The predicted molar refractivity (Wildman–Crippen MR) is 139 cm³/mol. The van der Waals surface area contributed by atoms with Crippen LogP contribution in [0.3, 0.4) is 0 Å². The number of rotatable bonds is 8. The molecular weight excluding hydrogens is 434 g/mol. The second kappa shape index (κ2) is 14.3. The predicted octanol–water partition coefficient (Wildman–Crippen LogP) is 6.83. The van der Waals surface area contributed by atoms with Crippen molar-refractivity contribution >= 4 is 23.1 Å². The highest BCUT2D eigenvalue weighted by atomic mass is 35.5. The van der Waals surface area contributed by atoms with Crippen molar-refractivity contribution in [1.82, 2.24) is 15.0 Å². The molecule has 1 saturated carbocycles. The molecule has 1 aromatic rings. The molecule has 1 saturated heterocycles. The van der Waals surface area contributed by atoms with Gasteiger partial charge in [-0.25, -0.2) is 5.01 Å². The summed E-state index contributed by atoms with van der Waals surface area (Å²) in [6.45, 7) is 12.6. The van der Waals surface area contributed by atoms with Crippen LogP contribution in [0.15, 0.2) is 36.1 Å². The minimum atomic E-state index is -0.0465. The van der Waals surface area contributed by atoms with Crippen LogP contribution >= 0.6 is 11.6 Å². The number of methoxy groups -OCH3 is 1. The standard InChI is InChI=1S/C25H36ClN3O2.C2H6/c1-4-24(31-3)21(13-14-26)23-17-22(25(30)27-28-15-9-6-10-16-28)19(2)29(23)18-20-11-7-5-8-12-20;1-2/h4,13-14,17,20H,1,5-12,15-16,18H2,2-3H3,(H,27,30);1-2H3/b14-13+,24-21-;. The fourth-order valence-corrected chi connectivity index (χ4v) is 4.96. The molecule has 1 N–H and O–H groups in total. The molecule has 0 radical (unpaired) electrons. The normalized spacial score (nSPS) is 18.3. The van der Waals surface area contributed by atoms with Crippen LogP contribution < -0.4 is 5.43 Å². The Labute approximate surface area is 205 Å². The van der Waals surface area contributed by atoms with Gasteiger partial charge in [0.05, 0.1) is 18.4 Å². The zero-order valence-corrected chi connectivity index (χ0v) is 21.7. The zero-order valence-electron chi connectivity index (χ0n) is 21.0. The van der Waals surface area contributed by atoms with Crippen LogP contribution in [0.2, 0.25) is 0 Å². The van der Waals surface area contributed by atoms with Crippen molar-refractivity contribution in [3.05, 3.63) is 53.0 Å². The number of ether oxygens (including phenoxy) is 1. The Balaban J connectivity index is 0.00000187. The molecule has 1 amide bonds. The number of piperidine rings is 1. The van der Waals surface area contributed by atoms with Crippen molar-refractivity contribution in [3.63, 3.8) is 0 Å². The summed E-state index contributed by atoms with van der Waals surface area (Å²) in [7, 11) is 1.63. The highest BCUT2D eigenvalue weighted by molar-refractivity contribution is 6.26. The molecule has 33 heavy (non-hydrogen) atoms. The van der Waals surface area contributed by atoms with Gasteiger partial charge in [-0.05, 0) is 56.7 Å². The number of nitrogens with zero attached hydrogens (tertiary/aromatic N) is 2. The Kier molecular flexibility index (Phi) is 11.8. The molecule has 3 rings (SSSR count). The third-order valence-corrected chi connectivity index (χ3v) is 6.69. The number of amides is 1. The summed E-state index contributed by atoms with van der Waals surface area (Å²) in [6.07, 6.45) is 13.3. The smallest absolute Gasteiger partial charge is 0.267 e. The Morgan fingerprint density at radius 2 is 1.82 bits per heavy atom. The van der Waals surface area contributed by atoms with Crippen LogP contribution in [-0.4, -0.2) is 35.7 Å². The molecule has 2 fully saturated rings. The van der Waals surface area contributed by atoms with Gasteiger partial charge in [-0.15, -0.1) is 0 Å². The van der Waals surface area contributed by atoms with Crippen molar-refractivity contribution in [2.45, 2.75) is 78.7 Å². The third kappa shape index (κ3) is 7.25. The average Bonchev–Trinajstić information content (AvgIpc) is 3.17. The number of carbonyl (C=O) groups is 1. The summed E-state index contributed by atoms with van der Waals surface area (Å²) < 4.78 is 7.85. The molecule has 184 valence electrons. The van der Waals surface area contributed by atoms with Crippen LogP contribution in [0.1, 0.15) is 87.0 Å². The second-order valence-electron chi connectivity index (χ2n) is 8.61. The van der Waals surface area contributed by atoms with Crippen LogP contribution in [0.4, 0.5) is 0 Å². The monoisotopic (exact) mass is 475 g/mol. The lowest BCUT2D eigenvalue weighted by Crippen LogP contribution is -2.45. The van der Waals surface area contributed by atoms with E-state index in [1.165, 1.54) is 44.1 Å². The Morgan fingerprint density at radius 3 is 2.39 bits per heavy atom. The van der Waals surface area contributed by atoms with Gasteiger partial charge in [-0.1, -0.05) is 57.7 Å². The Morgan fingerprint density at radius 1 is 1.18 bits per heavy atom. The molecule has 0 bridgehead atoms. The summed E-state index contributed by atoms with van der Waals surface area (Å²) in [5, 5.41) is 2.04. The molecule has 6 heteroatoms. The maximum absolute atomic E-state index is 13.2. The van der Waals surface area contributed by atoms with Gasteiger partial charge in [0.25, 0.3) is 5.91 Å². The first-order valence-corrected chi connectivity index (χ1v) is 13.0. The maximum Gasteiger partial charge on any atom is 0.267 e. The first-order valence-electron chi connectivity index (χ1n) is 12.5. The summed E-state index contributed by atoms with van der Waals surface area (Å²) in [5.41, 5.74) is 8.07. The van der Waals surface area contributed by atoms with Crippen molar-refractivity contribution < 1.29 is 9.53 Å². The molecule has 1 aromatic heterocycles. The number of aromatic nitrogens is 1. The fourth-order valence-electron chi connectivity index (χ4n) is 4.83. The van der Waals surface area contributed by atoms with E-state index >= 15 is 0 Å². The molecule has 2 heterocycles. The zero-order chi connectivity index (χ0) is 24.2. The van der Waals surface area contributed by atoms with E-state index < -0.39 is 0 Å². The van der Waals surface area contributed by atoms with Gasteiger partial charge in [-0.2, -0.15) is 0 Å². The first-order chi connectivity index (χ1) is 16.1. The van der Waals surface area contributed by atoms with Crippen molar-refractivity contribution in [2.75, 3.05) is 20.2 Å². The molecule has 1 aliphatic carbocycles. The number of nitrogens with one attached hydrogen (secondary N) is 1. The van der Waals surface area contributed by atoms with Gasteiger partial charge < -0.3 is 9.30 Å². The lowest BCUT2D eigenvalue weighted by Gasteiger charge is -2.27. The van der Waals surface area contributed by atoms with Crippen molar-refractivity contribution in [1.29, 1.82) is 0 Å². The van der Waals surface area contributed by atoms with Gasteiger partial charge in [0.15, 0.2) is 0 Å². The number of carbonyl (C=O) groups excluding carboxylic acids is 1. The summed E-state index contributed by atoms with van der Waals surface area (Å²) in [5.74, 6) is 1.21. The minimum Gasteiger partial charge on any atom is -0.496 e. The highest BCUT2D eigenvalue weighted by Crippen LogP contribution is 2.31. The Bertz CT molecular complexity index is 829. The molecule has 0 unspecified atom stereocenters. The highest BCUT2D eigenvalue weighted by Gasteiger charge is 2.24. The minimum absolute atomic E-state index is 0.0465. The first kappa shape index (κ1) is 27.3. The molecule has 1 aliphatic heterocycles. The van der Waals surface area contributed by atoms with E-state index in [4.69, 9.17) is 16.3 Å². The Hall–Kier alpha value is -1.98. The van der Waals surface area contributed by atoms with Crippen LogP contribution in [0, 0.1) is 12.8 Å². The largest absolute Gasteiger partial charge is 0.496 e. The topological polar surface area (TPSA) is 46.5 Å². The number of hydrogen-bond acceptors (Lipinski definition) is 3. The quantitative estimate of drug-likeness (QED) is 0.331. The molecule has 0 spiro atoms. The lowest BCUT2D eigenvalue weighted by molar-refractivity contribution is 0.0749. The van der Waals surface area contributed by atoms with Gasteiger partial charge in [0, 0.05) is 36.4 Å². The van der Waals surface area contributed by atoms with Crippen LogP contribution in [0.25, 0.3) is 5.57 Å². The van der Waals surface area contributed by atoms with Crippen molar-refractivity contribution in [2.24, 2.45) is 5.92 Å². The molecule has 5 nitrogen and oxygen atoms in total. The SMILES string of the molecule is C=C/C(OC)=C(\C=C\Cl)c1cc(C(=O)NN2CCCCC2)c(C)n1CC1CCCCC1.CC. The van der Waals surface area contributed by atoms with Gasteiger partial charge in [0.1, 0.15) is 5.76 Å². The number of hydrogen-bond donors (Lipinski definition) is 1. The number of hydrazine groups is 1. The lowest BCUT2D eigenvalue weighted by atomic mass is 9.89.